The third-order valence-corrected chi connectivity index (χ3v) is 7.61. The van der Waals surface area contributed by atoms with E-state index in [1.807, 2.05) is 12.1 Å². The molecule has 7 nitrogen and oxygen atoms in total. The average molecular weight is 445 g/mol. The maximum Gasteiger partial charge on any atom is 0.253 e. The van der Waals surface area contributed by atoms with Gasteiger partial charge in [-0.05, 0) is 68.0 Å². The minimum absolute atomic E-state index is 0.00129. The van der Waals surface area contributed by atoms with Crippen molar-refractivity contribution < 1.29 is 22.7 Å². The van der Waals surface area contributed by atoms with Crippen LogP contribution in [0, 0.1) is 13.8 Å². The van der Waals surface area contributed by atoms with Crippen molar-refractivity contribution in [3.63, 3.8) is 0 Å². The van der Waals surface area contributed by atoms with Crippen LogP contribution in [0.5, 0.6) is 5.75 Å². The number of primary sulfonamides is 1. The summed E-state index contributed by atoms with van der Waals surface area (Å²) in [5.74, 6) is 0.628. The maximum atomic E-state index is 13.2. The van der Waals surface area contributed by atoms with Gasteiger partial charge in [0.25, 0.3) is 5.91 Å². The van der Waals surface area contributed by atoms with Crippen LogP contribution in [0.1, 0.15) is 45.5 Å². The lowest BCUT2D eigenvalue weighted by Crippen LogP contribution is -2.48. The molecule has 31 heavy (non-hydrogen) atoms. The quantitative estimate of drug-likeness (QED) is 0.785. The van der Waals surface area contributed by atoms with Crippen LogP contribution in [0.15, 0.2) is 35.2 Å². The Balaban J connectivity index is 1.60. The number of aryl methyl sites for hydroxylation is 1. The van der Waals surface area contributed by atoms with Gasteiger partial charge in [-0.15, -0.1) is 0 Å². The predicted octanol–water partition coefficient (Wildman–Crippen LogP) is 2.66. The highest BCUT2D eigenvalue weighted by atomic mass is 32.2. The molecule has 2 aromatic rings. The van der Waals surface area contributed by atoms with Crippen molar-refractivity contribution in [1.29, 1.82) is 0 Å². The van der Waals surface area contributed by atoms with Gasteiger partial charge in [0, 0.05) is 24.2 Å². The highest BCUT2D eigenvalue weighted by molar-refractivity contribution is 7.89. The first-order chi connectivity index (χ1) is 14.7. The molecule has 0 bridgehead atoms. The molecule has 2 N–H and O–H groups in total. The molecule has 0 aliphatic carbocycles. The molecule has 1 spiro atoms. The molecule has 2 aliphatic heterocycles. The zero-order chi connectivity index (χ0) is 22.4. The Kier molecular flexibility index (Phi) is 5.57. The first-order valence-corrected chi connectivity index (χ1v) is 11.9. The number of nitrogens with zero attached hydrogens (tertiary/aromatic N) is 1. The number of likely N-dealkylation sites (tertiary alicyclic amines) is 1. The molecule has 0 unspecified atom stereocenters. The van der Waals surface area contributed by atoms with Crippen LogP contribution < -0.4 is 9.88 Å². The molecule has 2 aliphatic rings. The van der Waals surface area contributed by atoms with Crippen molar-refractivity contribution in [3.8, 4) is 5.75 Å². The van der Waals surface area contributed by atoms with Crippen molar-refractivity contribution in [3.05, 3.63) is 58.1 Å². The Morgan fingerprint density at radius 3 is 2.55 bits per heavy atom. The van der Waals surface area contributed by atoms with Gasteiger partial charge in [0.2, 0.25) is 10.0 Å². The number of hydrogen-bond donors (Lipinski definition) is 1. The zero-order valence-electron chi connectivity index (χ0n) is 18.1. The number of rotatable bonds is 3. The van der Waals surface area contributed by atoms with Gasteiger partial charge in [0.05, 0.1) is 18.6 Å². The van der Waals surface area contributed by atoms with E-state index in [-0.39, 0.29) is 10.8 Å². The van der Waals surface area contributed by atoms with Gasteiger partial charge >= 0.3 is 0 Å². The third kappa shape index (κ3) is 3.84. The number of sulfonamides is 1. The lowest BCUT2D eigenvalue weighted by atomic mass is 9.78. The molecule has 1 amide bonds. The summed E-state index contributed by atoms with van der Waals surface area (Å²) in [4.78, 5) is 15.0. The van der Waals surface area contributed by atoms with Gasteiger partial charge in [-0.2, -0.15) is 0 Å². The number of benzene rings is 2. The molecular weight excluding hydrogens is 416 g/mol. The summed E-state index contributed by atoms with van der Waals surface area (Å²) >= 11 is 0. The summed E-state index contributed by atoms with van der Waals surface area (Å²) in [6.45, 7) is 5.13. The fourth-order valence-electron chi connectivity index (χ4n) is 4.79. The number of carbonyl (C=O) groups excluding carboxylic acids is 1. The van der Waals surface area contributed by atoms with Gasteiger partial charge in [0.15, 0.2) is 0 Å². The Hall–Kier alpha value is -2.42. The smallest absolute Gasteiger partial charge is 0.253 e. The lowest BCUT2D eigenvalue weighted by molar-refractivity contribution is -0.0946. The van der Waals surface area contributed by atoms with Crippen LogP contribution in [-0.4, -0.2) is 46.0 Å². The van der Waals surface area contributed by atoms with Crippen LogP contribution in [0.4, 0.5) is 0 Å². The van der Waals surface area contributed by atoms with E-state index in [0.29, 0.717) is 43.7 Å². The zero-order valence-corrected chi connectivity index (χ0v) is 18.9. The molecule has 2 heterocycles. The molecule has 0 saturated carbocycles. The Morgan fingerprint density at radius 2 is 1.90 bits per heavy atom. The van der Waals surface area contributed by atoms with Crippen molar-refractivity contribution in [2.75, 3.05) is 26.8 Å². The fourth-order valence-corrected chi connectivity index (χ4v) is 5.67. The standard InChI is InChI=1S/C23H28N2O5S/c1-15-13-18(14-20(16(15)2)31(24,27)28)22(26)25-10-8-23(9-11-25)21-17(7-12-30-23)5-4-6-19(21)29-3/h4-6,13-14H,7-12H2,1-3H3,(H2,24,27,28). The molecule has 8 heteroatoms. The van der Waals surface area contributed by atoms with E-state index in [1.54, 1.807) is 31.9 Å². The summed E-state index contributed by atoms with van der Waals surface area (Å²) < 4.78 is 35.8. The minimum atomic E-state index is -3.91. The van der Waals surface area contributed by atoms with Gasteiger partial charge in [-0.3, -0.25) is 4.79 Å². The molecule has 0 atom stereocenters. The van der Waals surface area contributed by atoms with Gasteiger partial charge < -0.3 is 14.4 Å². The Bertz CT molecular complexity index is 1120. The lowest BCUT2D eigenvalue weighted by Gasteiger charge is -2.45. The topological polar surface area (TPSA) is 98.9 Å². The average Bonchev–Trinajstić information content (AvgIpc) is 2.74. The maximum absolute atomic E-state index is 13.2. The third-order valence-electron chi connectivity index (χ3n) is 6.57. The molecule has 0 aromatic heterocycles. The molecule has 0 radical (unpaired) electrons. The Morgan fingerprint density at radius 1 is 1.19 bits per heavy atom. The fraction of sp³-hybridized carbons (Fsp3) is 0.435. The van der Waals surface area contributed by atoms with Crippen LogP contribution in [0.2, 0.25) is 0 Å². The Labute approximate surface area is 183 Å². The molecule has 166 valence electrons. The summed E-state index contributed by atoms with van der Waals surface area (Å²) in [6.07, 6.45) is 2.15. The summed E-state index contributed by atoms with van der Waals surface area (Å²) in [7, 11) is -2.24. The predicted molar refractivity (Wildman–Crippen MR) is 117 cm³/mol. The molecule has 1 saturated heterocycles. The molecule has 4 rings (SSSR count). The van der Waals surface area contributed by atoms with Crippen LogP contribution >= 0.6 is 0 Å². The van der Waals surface area contributed by atoms with E-state index in [1.165, 1.54) is 11.6 Å². The number of amides is 1. The second kappa shape index (κ2) is 7.93. The number of ether oxygens (including phenoxy) is 2. The van der Waals surface area contributed by atoms with E-state index in [4.69, 9.17) is 14.6 Å². The highest BCUT2D eigenvalue weighted by Crippen LogP contribution is 2.46. The van der Waals surface area contributed by atoms with Crippen molar-refractivity contribution in [2.24, 2.45) is 5.14 Å². The van der Waals surface area contributed by atoms with E-state index >= 15 is 0 Å². The first-order valence-electron chi connectivity index (χ1n) is 10.4. The van der Waals surface area contributed by atoms with Crippen LogP contribution in [0.3, 0.4) is 0 Å². The second-order valence-electron chi connectivity index (χ2n) is 8.34. The summed E-state index contributed by atoms with van der Waals surface area (Å²) in [6, 6.07) is 9.18. The largest absolute Gasteiger partial charge is 0.496 e. The molecular formula is C23H28N2O5S. The summed E-state index contributed by atoms with van der Waals surface area (Å²) in [5.41, 5.74) is 3.49. The van der Waals surface area contributed by atoms with E-state index < -0.39 is 15.6 Å². The number of methoxy groups -OCH3 is 1. The van der Waals surface area contributed by atoms with Gasteiger partial charge in [0.1, 0.15) is 11.4 Å². The molecule has 2 aromatic carbocycles. The van der Waals surface area contributed by atoms with Crippen molar-refractivity contribution >= 4 is 15.9 Å². The number of fused-ring (bicyclic) bond motifs is 2. The summed E-state index contributed by atoms with van der Waals surface area (Å²) in [5, 5.41) is 5.36. The number of carbonyl (C=O) groups is 1. The second-order valence-corrected chi connectivity index (χ2v) is 9.87. The normalized spacial score (nSPS) is 18.0. The monoisotopic (exact) mass is 444 g/mol. The van der Waals surface area contributed by atoms with E-state index in [0.717, 1.165) is 23.3 Å². The van der Waals surface area contributed by atoms with Crippen molar-refractivity contribution in [2.45, 2.75) is 43.6 Å². The number of nitrogens with two attached hydrogens (primary N) is 1. The van der Waals surface area contributed by atoms with Gasteiger partial charge in [-0.25, -0.2) is 13.6 Å². The first kappa shape index (κ1) is 21.8. The van der Waals surface area contributed by atoms with E-state index in [2.05, 4.69) is 6.07 Å². The molecule has 1 fully saturated rings. The number of hydrogen-bond acceptors (Lipinski definition) is 5. The van der Waals surface area contributed by atoms with E-state index in [9.17, 15) is 13.2 Å². The van der Waals surface area contributed by atoms with Crippen molar-refractivity contribution in [1.82, 2.24) is 4.90 Å². The van der Waals surface area contributed by atoms with Gasteiger partial charge in [-0.1, -0.05) is 12.1 Å². The SMILES string of the molecule is COc1cccc2c1C1(CCN(C(=O)c3cc(C)c(C)c(S(N)(=O)=O)c3)CC1)OCC2. The minimum Gasteiger partial charge on any atom is -0.496 e. The van der Waals surface area contributed by atoms with Crippen LogP contribution in [0.25, 0.3) is 0 Å². The van der Waals surface area contributed by atoms with Crippen LogP contribution in [-0.2, 0) is 26.8 Å². The number of piperidine rings is 1. The highest BCUT2D eigenvalue weighted by Gasteiger charge is 2.43.